The Morgan fingerprint density at radius 2 is 1.94 bits per heavy atom. The minimum Gasteiger partial charge on any atom is -0.495 e. The number of sulfone groups is 1. The Labute approximate surface area is 106 Å². The summed E-state index contributed by atoms with van der Waals surface area (Å²) < 4.78 is 28.6. The number of hydrogen-bond donors (Lipinski definition) is 0. The molecule has 0 radical (unpaired) electrons. The Morgan fingerprint density at radius 1 is 1.28 bits per heavy atom. The lowest BCUT2D eigenvalue weighted by Crippen LogP contribution is -2.22. The van der Waals surface area contributed by atoms with Crippen molar-refractivity contribution in [3.8, 4) is 5.75 Å². The second-order valence-corrected chi connectivity index (χ2v) is 5.91. The van der Waals surface area contributed by atoms with Crippen LogP contribution in [0.1, 0.15) is 15.9 Å². The molecule has 1 aliphatic rings. The predicted octanol–water partition coefficient (Wildman–Crippen LogP) is 1.16. The predicted molar refractivity (Wildman–Crippen MR) is 67.2 cm³/mol. The maximum absolute atomic E-state index is 12.0. The Balaban J connectivity index is 2.69. The van der Waals surface area contributed by atoms with Crippen molar-refractivity contribution in [1.29, 1.82) is 0 Å². The smallest absolute Gasteiger partial charge is 0.257 e. The summed E-state index contributed by atoms with van der Waals surface area (Å²) >= 11 is 0. The van der Waals surface area contributed by atoms with Crippen molar-refractivity contribution in [2.45, 2.75) is 4.90 Å². The highest BCUT2D eigenvalue weighted by atomic mass is 32.2. The molecule has 0 saturated heterocycles. The van der Waals surface area contributed by atoms with Crippen molar-refractivity contribution in [2.24, 2.45) is 0 Å². The number of fused-ring (bicyclic) bond motifs is 1. The molecule has 0 fully saturated rings. The monoisotopic (exact) mass is 267 g/mol. The number of amides is 1. The summed E-state index contributed by atoms with van der Waals surface area (Å²) in [6.45, 7) is 0. The topological polar surface area (TPSA) is 63.7 Å². The molecule has 0 spiro atoms. The molecule has 1 heterocycles. The van der Waals surface area contributed by atoms with Gasteiger partial charge in [0.25, 0.3) is 5.91 Å². The minimum absolute atomic E-state index is 0.176. The zero-order valence-electron chi connectivity index (χ0n) is 10.3. The van der Waals surface area contributed by atoms with E-state index >= 15 is 0 Å². The summed E-state index contributed by atoms with van der Waals surface area (Å²) in [5, 5.41) is 1.12. The third kappa shape index (κ3) is 1.78. The molecule has 0 unspecified atom stereocenters. The number of benzene rings is 1. The van der Waals surface area contributed by atoms with Gasteiger partial charge in [-0.05, 0) is 18.2 Å². The van der Waals surface area contributed by atoms with Crippen LogP contribution in [0.2, 0.25) is 0 Å². The fraction of sp³-hybridized carbons (Fsp3) is 0.250. The van der Waals surface area contributed by atoms with Gasteiger partial charge in [0.2, 0.25) is 9.84 Å². The van der Waals surface area contributed by atoms with Gasteiger partial charge in [-0.25, -0.2) is 8.42 Å². The van der Waals surface area contributed by atoms with Gasteiger partial charge >= 0.3 is 0 Å². The van der Waals surface area contributed by atoms with Crippen molar-refractivity contribution in [3.63, 3.8) is 0 Å². The third-order valence-corrected chi connectivity index (χ3v) is 4.18. The molecular formula is C12H13NO4S. The van der Waals surface area contributed by atoms with E-state index in [0.29, 0.717) is 16.9 Å². The van der Waals surface area contributed by atoms with E-state index in [9.17, 15) is 13.2 Å². The molecule has 1 aliphatic heterocycles. The van der Waals surface area contributed by atoms with Gasteiger partial charge in [-0.3, -0.25) is 4.79 Å². The second-order valence-electron chi connectivity index (χ2n) is 4.11. The Morgan fingerprint density at radius 3 is 2.50 bits per heavy atom. The van der Waals surface area contributed by atoms with Crippen LogP contribution in [-0.4, -0.2) is 40.4 Å². The Bertz CT molecular complexity index is 644. The minimum atomic E-state index is -3.39. The van der Waals surface area contributed by atoms with Crippen molar-refractivity contribution >= 4 is 21.8 Å². The molecule has 96 valence electrons. The first kappa shape index (κ1) is 12.6. The maximum Gasteiger partial charge on any atom is 0.257 e. The van der Waals surface area contributed by atoms with E-state index in [4.69, 9.17) is 4.74 Å². The van der Waals surface area contributed by atoms with Gasteiger partial charge in [0.15, 0.2) is 0 Å². The van der Waals surface area contributed by atoms with Crippen molar-refractivity contribution in [2.75, 3.05) is 21.2 Å². The SMILES string of the molecule is COc1c(C(=O)N(C)C)ccc2c1C=CS2(=O)=O. The molecule has 1 aromatic carbocycles. The average molecular weight is 267 g/mol. The lowest BCUT2D eigenvalue weighted by Gasteiger charge is -2.15. The summed E-state index contributed by atoms with van der Waals surface area (Å²) in [6.07, 6.45) is 1.45. The first-order chi connectivity index (χ1) is 8.38. The maximum atomic E-state index is 12.0. The molecule has 0 N–H and O–H groups in total. The molecule has 1 amide bonds. The van der Waals surface area contributed by atoms with Crippen LogP contribution in [0.3, 0.4) is 0 Å². The first-order valence-electron chi connectivity index (χ1n) is 5.24. The molecule has 0 aromatic heterocycles. The highest BCUT2D eigenvalue weighted by Gasteiger charge is 2.27. The highest BCUT2D eigenvalue weighted by Crippen LogP contribution is 2.36. The van der Waals surface area contributed by atoms with Crippen LogP contribution in [0.25, 0.3) is 6.08 Å². The normalized spacial score (nSPS) is 15.3. The zero-order valence-corrected chi connectivity index (χ0v) is 11.1. The molecule has 0 atom stereocenters. The van der Waals surface area contributed by atoms with E-state index in [1.165, 1.54) is 30.2 Å². The fourth-order valence-corrected chi connectivity index (χ4v) is 3.03. The third-order valence-electron chi connectivity index (χ3n) is 2.72. The molecule has 18 heavy (non-hydrogen) atoms. The molecule has 1 aromatic rings. The van der Waals surface area contributed by atoms with Crippen molar-refractivity contribution in [1.82, 2.24) is 4.90 Å². The quantitative estimate of drug-likeness (QED) is 0.806. The van der Waals surface area contributed by atoms with Crippen LogP contribution in [0.4, 0.5) is 0 Å². The zero-order chi connectivity index (χ0) is 13.5. The molecule has 0 aliphatic carbocycles. The number of carbonyl (C=O) groups excluding carboxylic acids is 1. The summed E-state index contributed by atoms with van der Waals surface area (Å²) in [7, 11) is 1.28. The van der Waals surface area contributed by atoms with Crippen molar-refractivity contribution in [3.05, 3.63) is 28.7 Å². The summed E-state index contributed by atoms with van der Waals surface area (Å²) in [4.78, 5) is 13.5. The van der Waals surface area contributed by atoms with Gasteiger partial charge in [0, 0.05) is 25.1 Å². The van der Waals surface area contributed by atoms with E-state index in [2.05, 4.69) is 0 Å². The van der Waals surface area contributed by atoms with Gasteiger partial charge in [0.1, 0.15) is 5.75 Å². The molecule has 2 rings (SSSR count). The van der Waals surface area contributed by atoms with E-state index in [1.54, 1.807) is 14.1 Å². The van der Waals surface area contributed by atoms with E-state index in [0.717, 1.165) is 5.41 Å². The van der Waals surface area contributed by atoms with Gasteiger partial charge < -0.3 is 9.64 Å². The number of ether oxygens (including phenoxy) is 1. The molecular weight excluding hydrogens is 254 g/mol. The molecule has 0 bridgehead atoms. The lowest BCUT2D eigenvalue weighted by atomic mass is 10.1. The van der Waals surface area contributed by atoms with Gasteiger partial charge in [-0.1, -0.05) is 0 Å². The number of methoxy groups -OCH3 is 1. The first-order valence-corrected chi connectivity index (χ1v) is 6.79. The van der Waals surface area contributed by atoms with E-state index in [1.807, 2.05) is 0 Å². The van der Waals surface area contributed by atoms with Crippen LogP contribution in [0.5, 0.6) is 5.75 Å². The molecule has 5 nitrogen and oxygen atoms in total. The highest BCUT2D eigenvalue weighted by molar-refractivity contribution is 7.94. The Kier molecular flexibility index (Phi) is 2.90. The van der Waals surface area contributed by atoms with Crippen LogP contribution in [0, 0.1) is 0 Å². The number of rotatable bonds is 2. The van der Waals surface area contributed by atoms with Gasteiger partial charge in [0.05, 0.1) is 17.6 Å². The van der Waals surface area contributed by atoms with Crippen LogP contribution < -0.4 is 4.74 Å². The number of hydrogen-bond acceptors (Lipinski definition) is 4. The van der Waals surface area contributed by atoms with Gasteiger partial charge in [-0.2, -0.15) is 0 Å². The Hall–Kier alpha value is -1.82. The summed E-state index contributed by atoms with van der Waals surface area (Å²) in [6, 6.07) is 2.91. The number of carbonyl (C=O) groups is 1. The largest absolute Gasteiger partial charge is 0.495 e. The average Bonchev–Trinajstić information content (AvgIpc) is 2.63. The summed E-state index contributed by atoms with van der Waals surface area (Å²) in [5.74, 6) is 0.0656. The molecule has 6 heteroatoms. The van der Waals surface area contributed by atoms with Gasteiger partial charge in [-0.15, -0.1) is 0 Å². The second kappa shape index (κ2) is 4.13. The molecule has 0 saturated carbocycles. The lowest BCUT2D eigenvalue weighted by molar-refractivity contribution is 0.0824. The van der Waals surface area contributed by atoms with E-state index < -0.39 is 9.84 Å². The van der Waals surface area contributed by atoms with Crippen LogP contribution in [-0.2, 0) is 9.84 Å². The standard InChI is InChI=1S/C12H13NO4S/c1-13(2)12(14)9-4-5-10-8(11(9)17-3)6-7-18(10,15)16/h4-7H,1-3H3. The summed E-state index contributed by atoms with van der Waals surface area (Å²) in [5.41, 5.74) is 0.785. The fourth-order valence-electron chi connectivity index (χ4n) is 1.85. The van der Waals surface area contributed by atoms with Crippen LogP contribution in [0.15, 0.2) is 22.4 Å². The van der Waals surface area contributed by atoms with Crippen molar-refractivity contribution < 1.29 is 17.9 Å². The van der Waals surface area contributed by atoms with E-state index in [-0.39, 0.29) is 10.8 Å². The number of nitrogens with zero attached hydrogens (tertiary/aromatic N) is 1. The van der Waals surface area contributed by atoms with Crippen LogP contribution >= 0.6 is 0 Å².